The van der Waals surface area contributed by atoms with E-state index in [-0.39, 0.29) is 52.1 Å². The molecule has 0 bridgehead atoms. The van der Waals surface area contributed by atoms with Crippen molar-refractivity contribution in [2.75, 3.05) is 75.7 Å². The number of anilines is 3. The van der Waals surface area contributed by atoms with Gasteiger partial charge in [-0.1, -0.05) is 56.0 Å². The summed E-state index contributed by atoms with van der Waals surface area (Å²) in [7, 11) is 6.63. The first-order valence-electron chi connectivity index (χ1n) is 17.2. The number of aromatic nitrogens is 2. The molecule has 3 aliphatic rings. The molecule has 0 saturated carbocycles. The fourth-order valence-corrected chi connectivity index (χ4v) is 7.84. The molecule has 3 unspecified atom stereocenters. The highest BCUT2D eigenvalue weighted by molar-refractivity contribution is 6.42. The van der Waals surface area contributed by atoms with Crippen molar-refractivity contribution in [3.8, 4) is 11.5 Å². The Hall–Kier alpha value is -3.81. The maximum Gasteiger partial charge on any atom is 0.330 e. The lowest BCUT2D eigenvalue weighted by atomic mass is 9.97. The lowest BCUT2D eigenvalue weighted by molar-refractivity contribution is -0.136. The lowest BCUT2D eigenvalue weighted by Crippen LogP contribution is -2.52. The summed E-state index contributed by atoms with van der Waals surface area (Å²) in [6.45, 7) is 9.00. The SMILES string of the molecule is C=CC(=O)NC1CN(C(=O)C2CCCN(C)C2)CC1N(CCCCCC)c1ncc2c(n1)N(C)C(=O)N(c1c(Cl)c(OC)cc(OC)c1Cl)C2. The Bertz CT molecular complexity index is 1570. The molecular formula is C35H48Cl2N8O5. The molecule has 3 aliphatic heterocycles. The van der Waals surface area contributed by atoms with Crippen molar-refractivity contribution in [1.29, 1.82) is 0 Å². The Balaban J connectivity index is 1.49. The van der Waals surface area contributed by atoms with Gasteiger partial charge in [0.1, 0.15) is 27.4 Å². The Labute approximate surface area is 304 Å². The summed E-state index contributed by atoms with van der Waals surface area (Å²) in [5.74, 6) is 1.20. The standard InChI is InChI=1S/C35H48Cl2N8O5/c1-7-9-10-11-15-44(25-21-43(20-24(25)39-28(46)8-2)33(47)22-13-12-14-41(3)18-22)34-38-17-23-19-45(35(48)42(4)32(23)40-34)31-29(36)26(49-5)16-27(50-6)30(31)37/h8,16-17,22,24-25H,2,7,9-15,18-21H2,1,3-6H3,(H,39,46). The van der Waals surface area contributed by atoms with Crippen molar-refractivity contribution in [1.82, 2.24) is 25.1 Å². The average Bonchev–Trinajstić information content (AvgIpc) is 3.53. The molecule has 0 radical (unpaired) electrons. The Morgan fingerprint density at radius 3 is 2.46 bits per heavy atom. The maximum absolute atomic E-state index is 13.9. The zero-order chi connectivity index (χ0) is 36.1. The molecule has 50 heavy (non-hydrogen) atoms. The minimum absolute atomic E-state index is 0.0876. The van der Waals surface area contributed by atoms with Crippen molar-refractivity contribution in [2.45, 2.75) is 64.1 Å². The first-order chi connectivity index (χ1) is 24.0. The van der Waals surface area contributed by atoms with Gasteiger partial charge in [0.25, 0.3) is 0 Å². The van der Waals surface area contributed by atoms with Crippen LogP contribution in [0.4, 0.5) is 22.2 Å². The molecule has 4 amide bonds. The first-order valence-corrected chi connectivity index (χ1v) is 18.0. The predicted octanol–water partition coefficient (Wildman–Crippen LogP) is 4.99. The summed E-state index contributed by atoms with van der Waals surface area (Å²) >= 11 is 13.4. The number of benzene rings is 1. The largest absolute Gasteiger partial charge is 0.495 e. The number of carbonyl (C=O) groups excluding carboxylic acids is 3. The van der Waals surface area contributed by atoms with Crippen molar-refractivity contribution in [3.05, 3.63) is 40.5 Å². The van der Waals surface area contributed by atoms with E-state index in [9.17, 15) is 14.4 Å². The van der Waals surface area contributed by atoms with Crippen molar-refractivity contribution < 1.29 is 23.9 Å². The zero-order valence-corrected chi connectivity index (χ0v) is 31.1. The van der Waals surface area contributed by atoms with E-state index in [1.807, 2.05) is 11.9 Å². The van der Waals surface area contributed by atoms with Crippen LogP contribution < -0.4 is 29.5 Å². The number of methoxy groups -OCH3 is 2. The van der Waals surface area contributed by atoms with Gasteiger partial charge in [0.15, 0.2) is 0 Å². The highest BCUT2D eigenvalue weighted by Gasteiger charge is 2.43. The Morgan fingerprint density at radius 1 is 1.10 bits per heavy atom. The number of urea groups is 1. The van der Waals surface area contributed by atoms with Gasteiger partial charge in [0.05, 0.1) is 44.5 Å². The monoisotopic (exact) mass is 730 g/mol. The predicted molar refractivity (Wildman–Crippen MR) is 196 cm³/mol. The number of fused-ring (bicyclic) bond motifs is 1. The molecule has 1 N–H and O–H groups in total. The van der Waals surface area contributed by atoms with E-state index in [0.717, 1.165) is 45.1 Å². The molecule has 5 rings (SSSR count). The second kappa shape index (κ2) is 16.5. The number of nitrogens with zero attached hydrogens (tertiary/aromatic N) is 7. The molecule has 0 aliphatic carbocycles. The number of ether oxygens (including phenoxy) is 2. The van der Waals surface area contributed by atoms with Gasteiger partial charge in [-0.05, 0) is 38.9 Å². The van der Waals surface area contributed by atoms with E-state index in [1.54, 1.807) is 19.3 Å². The number of amides is 4. The summed E-state index contributed by atoms with van der Waals surface area (Å²) in [6.07, 6.45) is 8.80. The van der Waals surface area contributed by atoms with Crippen LogP contribution in [-0.2, 0) is 16.1 Å². The summed E-state index contributed by atoms with van der Waals surface area (Å²) in [5, 5.41) is 3.43. The highest BCUT2D eigenvalue weighted by atomic mass is 35.5. The zero-order valence-electron chi connectivity index (χ0n) is 29.6. The minimum Gasteiger partial charge on any atom is -0.495 e. The maximum atomic E-state index is 13.9. The van der Waals surface area contributed by atoms with Gasteiger partial charge in [-0.2, -0.15) is 4.98 Å². The molecular weight excluding hydrogens is 683 g/mol. The van der Waals surface area contributed by atoms with Crippen LogP contribution in [0.5, 0.6) is 11.5 Å². The van der Waals surface area contributed by atoms with Gasteiger partial charge >= 0.3 is 6.03 Å². The van der Waals surface area contributed by atoms with E-state index in [4.69, 9.17) is 42.6 Å². The quantitative estimate of drug-likeness (QED) is 0.224. The second-order valence-corrected chi connectivity index (χ2v) is 13.9. The number of piperidine rings is 1. The van der Waals surface area contributed by atoms with Crippen LogP contribution in [0.2, 0.25) is 10.0 Å². The molecule has 2 fully saturated rings. The van der Waals surface area contributed by atoms with Crippen LogP contribution in [0.3, 0.4) is 0 Å². The molecule has 1 aromatic carbocycles. The molecule has 2 saturated heterocycles. The van der Waals surface area contributed by atoms with Crippen LogP contribution in [0.15, 0.2) is 24.9 Å². The van der Waals surface area contributed by atoms with Gasteiger partial charge in [-0.15, -0.1) is 0 Å². The lowest BCUT2D eigenvalue weighted by Gasteiger charge is -2.37. The van der Waals surface area contributed by atoms with Crippen LogP contribution in [-0.4, -0.2) is 111 Å². The topological polar surface area (TPSA) is 124 Å². The molecule has 272 valence electrons. The second-order valence-electron chi connectivity index (χ2n) is 13.2. The third kappa shape index (κ3) is 7.74. The van der Waals surface area contributed by atoms with E-state index in [0.29, 0.717) is 55.0 Å². The fraction of sp³-hybridized carbons (Fsp3) is 0.571. The molecule has 4 heterocycles. The Kier molecular flexibility index (Phi) is 12.3. The van der Waals surface area contributed by atoms with Gasteiger partial charge in [0, 0.05) is 51.1 Å². The number of halogens is 2. The minimum atomic E-state index is -0.401. The van der Waals surface area contributed by atoms with Crippen LogP contribution in [0.25, 0.3) is 0 Å². The highest BCUT2D eigenvalue weighted by Crippen LogP contribution is 2.48. The number of likely N-dealkylation sites (tertiary alicyclic amines) is 2. The molecule has 2 aromatic rings. The summed E-state index contributed by atoms with van der Waals surface area (Å²) in [4.78, 5) is 59.3. The van der Waals surface area contributed by atoms with Gasteiger partial charge in [-0.25, -0.2) is 9.78 Å². The van der Waals surface area contributed by atoms with Crippen LogP contribution >= 0.6 is 23.2 Å². The van der Waals surface area contributed by atoms with Gasteiger partial charge in [-0.3, -0.25) is 19.4 Å². The molecule has 13 nitrogen and oxygen atoms in total. The molecule has 0 spiro atoms. The number of hydrogen-bond donors (Lipinski definition) is 1. The van der Waals surface area contributed by atoms with Crippen molar-refractivity contribution >= 4 is 58.5 Å². The third-order valence-electron chi connectivity index (χ3n) is 9.81. The number of unbranched alkanes of at least 4 members (excludes halogenated alkanes) is 3. The summed E-state index contributed by atoms with van der Waals surface area (Å²) in [6, 6.07) is 0.494. The summed E-state index contributed by atoms with van der Waals surface area (Å²) < 4.78 is 10.9. The van der Waals surface area contributed by atoms with E-state index in [2.05, 4.69) is 28.6 Å². The van der Waals surface area contributed by atoms with Crippen LogP contribution in [0.1, 0.15) is 51.0 Å². The van der Waals surface area contributed by atoms with E-state index >= 15 is 0 Å². The molecule has 15 heteroatoms. The van der Waals surface area contributed by atoms with Crippen LogP contribution in [0, 0.1) is 5.92 Å². The van der Waals surface area contributed by atoms with E-state index < -0.39 is 6.03 Å². The number of rotatable bonds is 13. The van der Waals surface area contributed by atoms with Gasteiger partial charge in [0.2, 0.25) is 17.8 Å². The Morgan fingerprint density at radius 2 is 1.82 bits per heavy atom. The number of hydrogen-bond acceptors (Lipinski definition) is 9. The van der Waals surface area contributed by atoms with Gasteiger partial charge < -0.3 is 29.5 Å². The van der Waals surface area contributed by atoms with Crippen molar-refractivity contribution in [3.63, 3.8) is 0 Å². The number of nitrogens with one attached hydrogen (secondary N) is 1. The summed E-state index contributed by atoms with van der Waals surface area (Å²) in [5.41, 5.74) is 0.936. The average molecular weight is 732 g/mol. The fourth-order valence-electron chi connectivity index (χ4n) is 7.14. The normalized spacial score (nSPS) is 20.8. The molecule has 1 aromatic heterocycles. The third-order valence-corrected chi connectivity index (χ3v) is 10.5. The molecule has 3 atom stereocenters. The smallest absolute Gasteiger partial charge is 0.330 e. The first kappa shape index (κ1) is 37.4. The number of carbonyl (C=O) groups is 3. The van der Waals surface area contributed by atoms with E-state index in [1.165, 1.54) is 30.1 Å². The van der Waals surface area contributed by atoms with Crippen molar-refractivity contribution in [2.24, 2.45) is 5.92 Å².